The molecule has 1 atom stereocenters. The van der Waals surface area contributed by atoms with Gasteiger partial charge in [-0.1, -0.05) is 0 Å². The van der Waals surface area contributed by atoms with E-state index >= 15 is 0 Å². The van der Waals surface area contributed by atoms with E-state index in [1.807, 2.05) is 42.9 Å². The minimum atomic E-state index is -0.530. The average Bonchev–Trinajstić information content (AvgIpc) is 3.46. The number of methoxy groups -OCH3 is 2. The first-order valence-electron chi connectivity index (χ1n) is 10.3. The zero-order chi connectivity index (χ0) is 22.8. The van der Waals surface area contributed by atoms with E-state index in [0.717, 1.165) is 24.0 Å². The molecule has 2 amide bonds. The van der Waals surface area contributed by atoms with Crippen LogP contribution in [0.2, 0.25) is 0 Å². The van der Waals surface area contributed by atoms with Crippen molar-refractivity contribution in [2.24, 2.45) is 13.0 Å². The maximum Gasteiger partial charge on any atom is 0.262 e. The summed E-state index contributed by atoms with van der Waals surface area (Å²) in [6, 6.07) is 6.79. The first kappa shape index (κ1) is 21.9. The summed E-state index contributed by atoms with van der Waals surface area (Å²) in [5, 5.41) is 6.71. The fourth-order valence-electron chi connectivity index (χ4n) is 3.48. The van der Waals surface area contributed by atoms with E-state index in [2.05, 4.69) is 15.6 Å². The maximum atomic E-state index is 13.3. The largest absolute Gasteiger partial charge is 0.497 e. The number of hydrogen-bond donors (Lipinski definition) is 2. The molecule has 1 aliphatic rings. The van der Waals surface area contributed by atoms with Crippen molar-refractivity contribution in [2.75, 3.05) is 19.5 Å². The van der Waals surface area contributed by atoms with Crippen molar-refractivity contribution in [1.29, 1.82) is 0 Å². The van der Waals surface area contributed by atoms with Gasteiger partial charge in [0.1, 0.15) is 23.4 Å². The number of nitrogens with one attached hydrogen (secondary N) is 2. The molecule has 0 radical (unpaired) electrons. The molecular weight excluding hydrogens is 428 g/mol. The van der Waals surface area contributed by atoms with Crippen molar-refractivity contribution in [1.82, 2.24) is 14.9 Å². The number of anilines is 1. The molecule has 4 rings (SSSR count). The smallest absolute Gasteiger partial charge is 0.262 e. The molecule has 0 unspecified atom stereocenters. The van der Waals surface area contributed by atoms with Gasteiger partial charge in [-0.05, 0) is 49.1 Å². The van der Waals surface area contributed by atoms with Gasteiger partial charge in [0.2, 0.25) is 5.91 Å². The second-order valence-corrected chi connectivity index (χ2v) is 8.89. The van der Waals surface area contributed by atoms with Crippen molar-refractivity contribution in [3.05, 3.63) is 58.5 Å². The normalized spacial score (nSPS) is 14.0. The average molecular weight is 455 g/mol. The molecule has 8 nitrogen and oxygen atoms in total. The molecular formula is C23H26N4O4S. The van der Waals surface area contributed by atoms with Gasteiger partial charge in [-0.3, -0.25) is 9.59 Å². The Labute approximate surface area is 190 Å². The first-order valence-corrected chi connectivity index (χ1v) is 11.1. The lowest BCUT2D eigenvalue weighted by atomic mass is 10.0. The summed E-state index contributed by atoms with van der Waals surface area (Å²) in [6.45, 7) is 1.86. The van der Waals surface area contributed by atoms with Crippen molar-refractivity contribution < 1.29 is 19.1 Å². The van der Waals surface area contributed by atoms with Gasteiger partial charge in [0, 0.05) is 31.4 Å². The standard InChI is InChI=1S/C23H26N4O4S/c1-13-9-18(25-22(28)14-5-6-14)32-20(13)23(29)26-19(21-24-7-8-27(21)2)15-10-16(30-3)12-17(11-15)31-4/h7-12,14,19H,5-6H2,1-4H3,(H,25,28)(H,26,29)/t19-/m1/s1. The number of aromatic nitrogens is 2. The van der Waals surface area contributed by atoms with E-state index in [0.29, 0.717) is 27.2 Å². The molecule has 2 aromatic heterocycles. The third-order valence-electron chi connectivity index (χ3n) is 5.42. The second kappa shape index (κ2) is 9.04. The topological polar surface area (TPSA) is 94.5 Å². The number of aryl methyl sites for hydroxylation is 2. The monoisotopic (exact) mass is 454 g/mol. The zero-order valence-corrected chi connectivity index (χ0v) is 19.3. The van der Waals surface area contributed by atoms with Crippen LogP contribution in [0, 0.1) is 12.8 Å². The Morgan fingerprint density at radius 1 is 1.16 bits per heavy atom. The van der Waals surface area contributed by atoms with Crippen LogP contribution in [0.25, 0.3) is 0 Å². The van der Waals surface area contributed by atoms with Gasteiger partial charge in [-0.2, -0.15) is 0 Å². The van der Waals surface area contributed by atoms with Crippen LogP contribution >= 0.6 is 11.3 Å². The Hall–Kier alpha value is -3.33. The highest BCUT2D eigenvalue weighted by molar-refractivity contribution is 7.18. The van der Waals surface area contributed by atoms with Crippen LogP contribution in [0.15, 0.2) is 36.7 Å². The minimum absolute atomic E-state index is 0.0209. The highest BCUT2D eigenvalue weighted by Gasteiger charge is 2.30. The Bertz CT molecular complexity index is 1130. The van der Waals surface area contributed by atoms with Crippen LogP contribution in [0.5, 0.6) is 11.5 Å². The highest BCUT2D eigenvalue weighted by atomic mass is 32.1. The number of thiophene rings is 1. The summed E-state index contributed by atoms with van der Waals surface area (Å²) in [5.41, 5.74) is 1.58. The Morgan fingerprint density at radius 3 is 2.41 bits per heavy atom. The zero-order valence-electron chi connectivity index (χ0n) is 18.5. The predicted octanol–water partition coefficient (Wildman–Crippen LogP) is 3.68. The number of benzene rings is 1. The number of carbonyl (C=O) groups is 2. The van der Waals surface area contributed by atoms with Crippen LogP contribution in [0.1, 0.15) is 45.5 Å². The molecule has 1 saturated carbocycles. The summed E-state index contributed by atoms with van der Waals surface area (Å²) >= 11 is 1.27. The van der Waals surface area contributed by atoms with Crippen LogP contribution < -0.4 is 20.1 Å². The summed E-state index contributed by atoms with van der Waals surface area (Å²) in [5.74, 6) is 1.78. The molecule has 3 aromatic rings. The molecule has 1 aromatic carbocycles. The van der Waals surface area contributed by atoms with E-state index in [9.17, 15) is 9.59 Å². The Balaban J connectivity index is 1.64. The van der Waals surface area contributed by atoms with Gasteiger partial charge in [-0.25, -0.2) is 4.98 Å². The van der Waals surface area contributed by atoms with Gasteiger partial charge in [-0.15, -0.1) is 11.3 Å². The summed E-state index contributed by atoms with van der Waals surface area (Å²) in [7, 11) is 5.04. The molecule has 9 heteroatoms. The van der Waals surface area contributed by atoms with Crippen LogP contribution in [0.4, 0.5) is 5.00 Å². The Morgan fingerprint density at radius 2 is 1.84 bits per heavy atom. The van der Waals surface area contributed by atoms with E-state index < -0.39 is 6.04 Å². The third kappa shape index (κ3) is 4.62. The van der Waals surface area contributed by atoms with E-state index in [1.54, 1.807) is 26.5 Å². The van der Waals surface area contributed by atoms with Gasteiger partial charge in [0.05, 0.1) is 24.1 Å². The maximum absolute atomic E-state index is 13.3. The highest BCUT2D eigenvalue weighted by Crippen LogP contribution is 2.34. The van der Waals surface area contributed by atoms with Crippen LogP contribution in [-0.4, -0.2) is 35.6 Å². The molecule has 1 aliphatic carbocycles. The molecule has 0 saturated heterocycles. The first-order chi connectivity index (χ1) is 15.4. The predicted molar refractivity (Wildman–Crippen MR) is 122 cm³/mol. The molecule has 2 N–H and O–H groups in total. The summed E-state index contributed by atoms with van der Waals surface area (Å²) < 4.78 is 12.7. The number of imidazole rings is 1. The van der Waals surface area contributed by atoms with Gasteiger partial charge in [0.15, 0.2) is 0 Å². The Kier molecular flexibility index (Phi) is 6.18. The minimum Gasteiger partial charge on any atom is -0.497 e. The number of amides is 2. The lowest BCUT2D eigenvalue weighted by molar-refractivity contribution is -0.117. The number of hydrogen-bond acceptors (Lipinski definition) is 6. The molecule has 0 bridgehead atoms. The van der Waals surface area contributed by atoms with E-state index in [4.69, 9.17) is 9.47 Å². The van der Waals surface area contributed by atoms with Crippen molar-refractivity contribution in [2.45, 2.75) is 25.8 Å². The van der Waals surface area contributed by atoms with Gasteiger partial charge in [0.25, 0.3) is 5.91 Å². The summed E-state index contributed by atoms with van der Waals surface area (Å²) in [6.07, 6.45) is 5.37. The fourth-order valence-corrected chi connectivity index (χ4v) is 4.46. The number of carbonyl (C=O) groups excluding carboxylic acids is 2. The second-order valence-electron chi connectivity index (χ2n) is 7.84. The quantitative estimate of drug-likeness (QED) is 0.542. The molecule has 168 valence electrons. The van der Waals surface area contributed by atoms with Crippen molar-refractivity contribution in [3.8, 4) is 11.5 Å². The van der Waals surface area contributed by atoms with Crippen molar-refractivity contribution in [3.63, 3.8) is 0 Å². The van der Waals surface area contributed by atoms with Crippen molar-refractivity contribution >= 4 is 28.2 Å². The number of rotatable bonds is 8. The van der Waals surface area contributed by atoms with Gasteiger partial charge < -0.3 is 24.7 Å². The number of ether oxygens (including phenoxy) is 2. The van der Waals surface area contributed by atoms with Crippen LogP contribution in [-0.2, 0) is 11.8 Å². The molecule has 2 heterocycles. The van der Waals surface area contributed by atoms with E-state index in [1.165, 1.54) is 11.3 Å². The van der Waals surface area contributed by atoms with E-state index in [-0.39, 0.29) is 17.7 Å². The molecule has 0 spiro atoms. The van der Waals surface area contributed by atoms with Gasteiger partial charge >= 0.3 is 0 Å². The summed E-state index contributed by atoms with van der Waals surface area (Å²) in [4.78, 5) is 30.4. The lowest BCUT2D eigenvalue weighted by Gasteiger charge is -2.20. The lowest BCUT2D eigenvalue weighted by Crippen LogP contribution is -2.31. The SMILES string of the molecule is COc1cc(OC)cc([C@@H](NC(=O)c2sc(NC(=O)C3CC3)cc2C)c2nccn2C)c1. The number of nitrogens with zero attached hydrogens (tertiary/aromatic N) is 2. The molecule has 0 aliphatic heterocycles. The van der Waals surface area contributed by atoms with Crippen LogP contribution in [0.3, 0.4) is 0 Å². The molecule has 1 fully saturated rings. The molecule has 32 heavy (non-hydrogen) atoms. The fraction of sp³-hybridized carbons (Fsp3) is 0.348. The third-order valence-corrected chi connectivity index (χ3v) is 6.57.